The average molecular weight is 373 g/mol. The van der Waals surface area contributed by atoms with E-state index in [1.807, 2.05) is 19.1 Å². The summed E-state index contributed by atoms with van der Waals surface area (Å²) >= 11 is 0. The van der Waals surface area contributed by atoms with E-state index in [4.69, 9.17) is 9.47 Å². The summed E-state index contributed by atoms with van der Waals surface area (Å²) in [7, 11) is 0. The third kappa shape index (κ3) is 7.41. The molecule has 2 rings (SSSR count). The Balaban J connectivity index is 0.00000114. The molecule has 4 nitrogen and oxygen atoms in total. The summed E-state index contributed by atoms with van der Waals surface area (Å²) < 4.78 is 11.0. The summed E-state index contributed by atoms with van der Waals surface area (Å²) in [5.74, 6) is 0.393. The molecule has 0 saturated carbocycles. The zero-order valence-electron chi connectivity index (χ0n) is 17.3. The first-order valence-corrected chi connectivity index (χ1v) is 9.60. The van der Waals surface area contributed by atoms with Crippen molar-refractivity contribution in [3.63, 3.8) is 0 Å². The molecule has 0 spiro atoms. The van der Waals surface area contributed by atoms with Crippen molar-refractivity contribution >= 4 is 11.9 Å². The molecule has 1 aromatic rings. The van der Waals surface area contributed by atoms with Gasteiger partial charge < -0.3 is 9.47 Å². The van der Waals surface area contributed by atoms with Gasteiger partial charge >= 0.3 is 11.9 Å². The van der Waals surface area contributed by atoms with Crippen LogP contribution in [0.25, 0.3) is 0 Å². The third-order valence-electron chi connectivity index (χ3n) is 4.15. The fourth-order valence-corrected chi connectivity index (χ4v) is 3.27. The minimum Gasteiger partial charge on any atom is -0.426 e. The van der Waals surface area contributed by atoms with Crippen molar-refractivity contribution in [2.24, 2.45) is 0 Å². The summed E-state index contributed by atoms with van der Waals surface area (Å²) in [6.07, 6.45) is 8.84. The van der Waals surface area contributed by atoms with Gasteiger partial charge in [-0.1, -0.05) is 31.1 Å². The standard InChI is InChI=1S/C20H26O4.C3H6/c1-5-7-16-11-18(23-14(3)21)20(19(12-16)24-15(4)22)17-9-6-8-13(2)10-17;1-3-2/h10-12,17H,5-9H2,1-4H3;3H,1H2,2H3/t17-;/m0./s1. The van der Waals surface area contributed by atoms with Gasteiger partial charge in [0.1, 0.15) is 11.5 Å². The number of benzene rings is 1. The lowest BCUT2D eigenvalue weighted by Gasteiger charge is -2.24. The largest absolute Gasteiger partial charge is 0.426 e. The molecular weight excluding hydrogens is 340 g/mol. The Morgan fingerprint density at radius 1 is 1.19 bits per heavy atom. The van der Waals surface area contributed by atoms with Crippen LogP contribution in [0, 0.1) is 0 Å². The second kappa shape index (κ2) is 11.4. The van der Waals surface area contributed by atoms with E-state index in [0.717, 1.165) is 43.2 Å². The van der Waals surface area contributed by atoms with Crippen molar-refractivity contribution < 1.29 is 19.1 Å². The highest BCUT2D eigenvalue weighted by Crippen LogP contribution is 2.42. The van der Waals surface area contributed by atoms with Gasteiger partial charge in [-0.25, -0.2) is 0 Å². The monoisotopic (exact) mass is 372 g/mol. The Morgan fingerprint density at radius 2 is 1.70 bits per heavy atom. The van der Waals surface area contributed by atoms with Crippen LogP contribution in [0.3, 0.4) is 0 Å². The van der Waals surface area contributed by atoms with Crippen molar-refractivity contribution in [3.8, 4) is 11.5 Å². The van der Waals surface area contributed by atoms with Gasteiger partial charge in [0.15, 0.2) is 0 Å². The van der Waals surface area contributed by atoms with Crippen molar-refractivity contribution in [2.45, 2.75) is 72.6 Å². The first-order valence-electron chi connectivity index (χ1n) is 9.60. The first-order chi connectivity index (χ1) is 12.8. The smallest absolute Gasteiger partial charge is 0.308 e. The topological polar surface area (TPSA) is 52.6 Å². The fraction of sp³-hybridized carbons (Fsp3) is 0.478. The molecule has 1 aliphatic rings. The maximum Gasteiger partial charge on any atom is 0.308 e. The second-order valence-electron chi connectivity index (χ2n) is 6.86. The highest BCUT2D eigenvalue weighted by Gasteiger charge is 2.24. The minimum absolute atomic E-state index is 0.0955. The number of ether oxygens (including phenoxy) is 2. The van der Waals surface area contributed by atoms with Crippen LogP contribution < -0.4 is 9.47 Å². The number of carbonyl (C=O) groups excluding carboxylic acids is 2. The Labute approximate surface area is 163 Å². The molecule has 0 unspecified atom stereocenters. The first kappa shape index (κ1) is 22.7. The van der Waals surface area contributed by atoms with Crippen LogP contribution in [0.15, 0.2) is 36.4 Å². The minimum atomic E-state index is -0.366. The Hall–Kier alpha value is -2.36. The van der Waals surface area contributed by atoms with Gasteiger partial charge in [-0.05, 0) is 57.2 Å². The second-order valence-corrected chi connectivity index (χ2v) is 6.86. The summed E-state index contributed by atoms with van der Waals surface area (Å²) in [4.78, 5) is 23.1. The van der Waals surface area contributed by atoms with Crippen LogP contribution in [0.2, 0.25) is 0 Å². The highest BCUT2D eigenvalue weighted by molar-refractivity contribution is 5.73. The molecule has 1 atom stereocenters. The molecule has 0 N–H and O–H groups in total. The molecule has 1 aliphatic carbocycles. The van der Waals surface area contributed by atoms with E-state index in [1.165, 1.54) is 19.4 Å². The van der Waals surface area contributed by atoms with Gasteiger partial charge in [0.05, 0.1) is 0 Å². The highest BCUT2D eigenvalue weighted by atomic mass is 16.5. The number of carbonyl (C=O) groups is 2. The quantitative estimate of drug-likeness (QED) is 0.367. The van der Waals surface area contributed by atoms with Crippen LogP contribution in [-0.4, -0.2) is 11.9 Å². The van der Waals surface area contributed by atoms with Gasteiger partial charge in [0.25, 0.3) is 0 Å². The maximum atomic E-state index is 11.6. The lowest BCUT2D eigenvalue weighted by atomic mass is 9.84. The number of esters is 2. The summed E-state index contributed by atoms with van der Waals surface area (Å²) in [6.45, 7) is 12.2. The van der Waals surface area contributed by atoms with Gasteiger partial charge in [-0.15, -0.1) is 6.58 Å². The summed E-state index contributed by atoms with van der Waals surface area (Å²) in [5.41, 5.74) is 3.12. The van der Waals surface area contributed by atoms with E-state index in [1.54, 1.807) is 6.08 Å². The molecule has 4 heteroatoms. The van der Waals surface area contributed by atoms with Crippen molar-refractivity contribution in [3.05, 3.63) is 47.6 Å². The fourth-order valence-electron chi connectivity index (χ4n) is 3.27. The molecule has 0 aromatic heterocycles. The zero-order valence-corrected chi connectivity index (χ0v) is 17.3. The van der Waals surface area contributed by atoms with Gasteiger partial charge in [0, 0.05) is 25.3 Å². The molecule has 0 fully saturated rings. The molecule has 0 amide bonds. The molecule has 0 saturated heterocycles. The van der Waals surface area contributed by atoms with Crippen molar-refractivity contribution in [1.29, 1.82) is 0 Å². The van der Waals surface area contributed by atoms with Crippen molar-refractivity contribution in [2.75, 3.05) is 0 Å². The van der Waals surface area contributed by atoms with E-state index in [2.05, 4.69) is 26.5 Å². The number of allylic oxidation sites excluding steroid dienone is 3. The third-order valence-corrected chi connectivity index (χ3v) is 4.15. The number of hydrogen-bond donors (Lipinski definition) is 0. The van der Waals surface area contributed by atoms with Crippen LogP contribution in [-0.2, 0) is 16.0 Å². The van der Waals surface area contributed by atoms with Crippen LogP contribution in [0.1, 0.15) is 77.3 Å². The Morgan fingerprint density at radius 3 is 2.11 bits per heavy atom. The molecular formula is C23H32O4. The number of hydrogen-bond acceptors (Lipinski definition) is 4. The predicted molar refractivity (Wildman–Crippen MR) is 109 cm³/mol. The predicted octanol–water partition coefficient (Wildman–Crippen LogP) is 5.90. The SMILES string of the molecule is C=CC.CCCc1cc(OC(C)=O)c([C@@H]2C=C(C)CCC2)c(OC(C)=O)c1. The van der Waals surface area contributed by atoms with E-state index < -0.39 is 0 Å². The lowest BCUT2D eigenvalue weighted by Crippen LogP contribution is -2.13. The van der Waals surface area contributed by atoms with Gasteiger partial charge in [-0.3, -0.25) is 9.59 Å². The molecule has 148 valence electrons. The molecule has 1 aromatic carbocycles. The Bertz CT molecular complexity index is 663. The normalized spacial score (nSPS) is 15.7. The average Bonchev–Trinajstić information content (AvgIpc) is 2.54. The number of aryl methyl sites for hydroxylation is 1. The van der Waals surface area contributed by atoms with E-state index in [-0.39, 0.29) is 17.9 Å². The van der Waals surface area contributed by atoms with E-state index in [0.29, 0.717) is 11.5 Å². The van der Waals surface area contributed by atoms with Crippen molar-refractivity contribution in [1.82, 2.24) is 0 Å². The molecule has 0 heterocycles. The summed E-state index contributed by atoms with van der Waals surface area (Å²) in [5, 5.41) is 0. The van der Waals surface area contributed by atoms with Gasteiger partial charge in [-0.2, -0.15) is 0 Å². The van der Waals surface area contributed by atoms with Crippen LogP contribution in [0.4, 0.5) is 0 Å². The molecule has 27 heavy (non-hydrogen) atoms. The van der Waals surface area contributed by atoms with Crippen LogP contribution >= 0.6 is 0 Å². The van der Waals surface area contributed by atoms with Crippen LogP contribution in [0.5, 0.6) is 11.5 Å². The van der Waals surface area contributed by atoms with E-state index in [9.17, 15) is 9.59 Å². The lowest BCUT2D eigenvalue weighted by molar-refractivity contribution is -0.132. The number of rotatable bonds is 5. The molecule has 0 aliphatic heterocycles. The molecule has 0 bridgehead atoms. The van der Waals surface area contributed by atoms with E-state index >= 15 is 0 Å². The molecule has 0 radical (unpaired) electrons. The maximum absolute atomic E-state index is 11.6. The summed E-state index contributed by atoms with van der Waals surface area (Å²) in [6, 6.07) is 3.82. The zero-order chi connectivity index (χ0) is 20.4. The Kier molecular flexibility index (Phi) is 9.55. The van der Waals surface area contributed by atoms with Gasteiger partial charge in [0.2, 0.25) is 0 Å².